The molecular weight excluding hydrogens is 313 g/mol. The van der Waals surface area contributed by atoms with Crippen molar-refractivity contribution in [2.75, 3.05) is 18.0 Å². The van der Waals surface area contributed by atoms with Gasteiger partial charge in [-0.1, -0.05) is 6.92 Å². The molecule has 0 unspecified atom stereocenters. The average Bonchev–Trinajstić information content (AvgIpc) is 2.86. The third kappa shape index (κ3) is 2.54. The van der Waals surface area contributed by atoms with E-state index in [1.54, 1.807) is 10.6 Å². The van der Waals surface area contributed by atoms with Gasteiger partial charge in [0.1, 0.15) is 11.4 Å². The highest BCUT2D eigenvalue weighted by molar-refractivity contribution is 5.93. The van der Waals surface area contributed by atoms with Crippen LogP contribution in [0.2, 0.25) is 0 Å². The molecule has 1 aliphatic rings. The number of anilines is 1. The summed E-state index contributed by atoms with van der Waals surface area (Å²) in [5.74, 6) is -1.60. The summed E-state index contributed by atoms with van der Waals surface area (Å²) in [7, 11) is 0. The van der Waals surface area contributed by atoms with Crippen LogP contribution in [0.3, 0.4) is 0 Å². The van der Waals surface area contributed by atoms with E-state index in [1.807, 2.05) is 18.7 Å². The lowest BCUT2D eigenvalue weighted by Gasteiger charge is -2.21. The van der Waals surface area contributed by atoms with Crippen LogP contribution in [0.1, 0.15) is 24.2 Å². The Hall–Kier alpha value is -2.41. The molecule has 1 aliphatic heterocycles. The van der Waals surface area contributed by atoms with Gasteiger partial charge in [0.2, 0.25) is 5.43 Å². The van der Waals surface area contributed by atoms with Crippen LogP contribution in [0.5, 0.6) is 0 Å². The van der Waals surface area contributed by atoms with Gasteiger partial charge in [-0.05, 0) is 25.0 Å². The maximum atomic E-state index is 14.6. The molecule has 6 nitrogen and oxygen atoms in total. The zero-order chi connectivity index (χ0) is 17.6. The molecule has 2 aromatic rings. The minimum Gasteiger partial charge on any atom is -0.477 e. The van der Waals surface area contributed by atoms with Gasteiger partial charge in [0.25, 0.3) is 0 Å². The summed E-state index contributed by atoms with van der Waals surface area (Å²) in [5.41, 5.74) is 5.92. The highest BCUT2D eigenvalue weighted by Gasteiger charge is 2.29. The Labute approximate surface area is 138 Å². The van der Waals surface area contributed by atoms with Crippen LogP contribution in [0.15, 0.2) is 23.1 Å². The van der Waals surface area contributed by atoms with Gasteiger partial charge in [0.15, 0.2) is 0 Å². The maximum Gasteiger partial charge on any atom is 0.341 e. The Bertz CT molecular complexity index is 867. The second kappa shape index (κ2) is 5.90. The predicted octanol–water partition coefficient (Wildman–Crippen LogP) is 1.64. The molecule has 2 heterocycles. The first-order valence-corrected chi connectivity index (χ1v) is 7.94. The molecule has 24 heavy (non-hydrogen) atoms. The molecule has 0 bridgehead atoms. The number of benzene rings is 1. The number of pyridine rings is 1. The fourth-order valence-electron chi connectivity index (χ4n) is 3.24. The van der Waals surface area contributed by atoms with E-state index in [4.69, 9.17) is 5.73 Å². The molecule has 0 aliphatic carbocycles. The summed E-state index contributed by atoms with van der Waals surface area (Å²) in [6.07, 6.45) is 1.31. The molecule has 0 amide bonds. The number of carbonyl (C=O) groups is 1. The van der Waals surface area contributed by atoms with Crippen molar-refractivity contribution in [2.24, 2.45) is 11.7 Å². The standard InChI is InChI=1S/C17H20FN3O3/c1-3-20-7-11(17(23)24)16(22)10-4-12(18)15(5-14(10)20)21-6-9(2)13(19)8-21/h4-5,7,9,13H,3,6,8,19H2,1-2H3,(H,23,24)/t9-,13+/m1/s1. The van der Waals surface area contributed by atoms with E-state index < -0.39 is 17.2 Å². The van der Waals surface area contributed by atoms with Crippen molar-refractivity contribution in [1.29, 1.82) is 0 Å². The molecule has 0 saturated carbocycles. The van der Waals surface area contributed by atoms with Crippen molar-refractivity contribution < 1.29 is 14.3 Å². The van der Waals surface area contributed by atoms with Gasteiger partial charge in [-0.15, -0.1) is 0 Å². The third-order valence-electron chi connectivity index (χ3n) is 4.73. The minimum absolute atomic E-state index is 0.0251. The molecule has 2 atom stereocenters. The van der Waals surface area contributed by atoms with Crippen molar-refractivity contribution in [3.05, 3.63) is 39.9 Å². The Morgan fingerprint density at radius 2 is 2.12 bits per heavy atom. The Morgan fingerprint density at radius 3 is 2.67 bits per heavy atom. The SMILES string of the molecule is CCn1cc(C(=O)O)c(=O)c2cc(F)c(N3C[C@@H](C)[C@@H](N)C3)cc21. The van der Waals surface area contributed by atoms with Gasteiger partial charge in [-0.25, -0.2) is 9.18 Å². The largest absolute Gasteiger partial charge is 0.477 e. The molecule has 0 spiro atoms. The summed E-state index contributed by atoms with van der Waals surface area (Å²) in [4.78, 5) is 25.4. The first-order chi connectivity index (χ1) is 11.3. The lowest BCUT2D eigenvalue weighted by atomic mass is 10.1. The van der Waals surface area contributed by atoms with Gasteiger partial charge in [-0.2, -0.15) is 0 Å². The number of aromatic nitrogens is 1. The zero-order valence-electron chi connectivity index (χ0n) is 13.6. The normalized spacial score (nSPS) is 20.8. The highest BCUT2D eigenvalue weighted by Crippen LogP contribution is 2.29. The molecular formula is C17H20FN3O3. The lowest BCUT2D eigenvalue weighted by molar-refractivity contribution is 0.0695. The van der Waals surface area contributed by atoms with Crippen LogP contribution in [0, 0.1) is 11.7 Å². The Balaban J connectivity index is 2.23. The summed E-state index contributed by atoms with van der Waals surface area (Å²) in [6, 6.07) is 2.73. The number of rotatable bonds is 3. The summed E-state index contributed by atoms with van der Waals surface area (Å²) < 4.78 is 16.3. The summed E-state index contributed by atoms with van der Waals surface area (Å²) in [5, 5.41) is 9.25. The molecule has 1 fully saturated rings. The molecule has 1 aromatic heterocycles. The quantitative estimate of drug-likeness (QED) is 0.891. The van der Waals surface area contributed by atoms with Crippen molar-refractivity contribution in [1.82, 2.24) is 4.57 Å². The van der Waals surface area contributed by atoms with E-state index in [0.29, 0.717) is 30.8 Å². The van der Waals surface area contributed by atoms with E-state index in [9.17, 15) is 19.1 Å². The van der Waals surface area contributed by atoms with Gasteiger partial charge < -0.3 is 20.3 Å². The third-order valence-corrected chi connectivity index (χ3v) is 4.73. The van der Waals surface area contributed by atoms with Crippen LogP contribution >= 0.6 is 0 Å². The number of carboxylic acid groups (broad SMARTS) is 1. The Kier molecular flexibility index (Phi) is 4.04. The number of hydrogen-bond acceptors (Lipinski definition) is 4. The van der Waals surface area contributed by atoms with Crippen molar-refractivity contribution >= 4 is 22.6 Å². The van der Waals surface area contributed by atoms with Crippen LogP contribution in [-0.4, -0.2) is 34.8 Å². The fraction of sp³-hybridized carbons (Fsp3) is 0.412. The maximum absolute atomic E-state index is 14.6. The van der Waals surface area contributed by atoms with Gasteiger partial charge in [-0.3, -0.25) is 4.79 Å². The van der Waals surface area contributed by atoms with Gasteiger partial charge in [0.05, 0.1) is 11.2 Å². The molecule has 7 heteroatoms. The van der Waals surface area contributed by atoms with E-state index in [-0.39, 0.29) is 22.9 Å². The van der Waals surface area contributed by atoms with Crippen molar-refractivity contribution in [2.45, 2.75) is 26.4 Å². The van der Waals surface area contributed by atoms with E-state index >= 15 is 0 Å². The molecule has 0 radical (unpaired) electrons. The van der Waals surface area contributed by atoms with E-state index in [2.05, 4.69) is 0 Å². The van der Waals surface area contributed by atoms with Gasteiger partial charge >= 0.3 is 5.97 Å². The van der Waals surface area contributed by atoms with Crippen molar-refractivity contribution in [3.63, 3.8) is 0 Å². The first-order valence-electron chi connectivity index (χ1n) is 7.94. The number of halogens is 1. The zero-order valence-corrected chi connectivity index (χ0v) is 13.6. The topological polar surface area (TPSA) is 88.6 Å². The summed E-state index contributed by atoms with van der Waals surface area (Å²) in [6.45, 7) is 5.52. The number of nitrogens with two attached hydrogens (primary N) is 1. The van der Waals surface area contributed by atoms with Crippen LogP contribution < -0.4 is 16.1 Å². The fourth-order valence-corrected chi connectivity index (χ4v) is 3.24. The second-order valence-electron chi connectivity index (χ2n) is 6.33. The van der Waals surface area contributed by atoms with Gasteiger partial charge in [0, 0.05) is 37.3 Å². The van der Waals surface area contributed by atoms with Crippen molar-refractivity contribution in [3.8, 4) is 0 Å². The monoisotopic (exact) mass is 333 g/mol. The Morgan fingerprint density at radius 1 is 1.42 bits per heavy atom. The molecule has 1 saturated heterocycles. The highest BCUT2D eigenvalue weighted by atomic mass is 19.1. The van der Waals surface area contributed by atoms with Crippen LogP contribution in [-0.2, 0) is 6.54 Å². The number of fused-ring (bicyclic) bond motifs is 1. The number of hydrogen-bond donors (Lipinski definition) is 2. The summed E-state index contributed by atoms with van der Waals surface area (Å²) >= 11 is 0. The molecule has 1 aromatic carbocycles. The average molecular weight is 333 g/mol. The van der Waals surface area contributed by atoms with Crippen LogP contribution in [0.25, 0.3) is 10.9 Å². The smallest absolute Gasteiger partial charge is 0.341 e. The number of nitrogens with zero attached hydrogens (tertiary/aromatic N) is 2. The minimum atomic E-state index is -1.31. The second-order valence-corrected chi connectivity index (χ2v) is 6.33. The molecule has 128 valence electrons. The lowest BCUT2D eigenvalue weighted by Crippen LogP contribution is -2.29. The van der Waals surface area contributed by atoms with Crippen LogP contribution in [0.4, 0.5) is 10.1 Å². The number of aryl methyl sites for hydroxylation is 1. The first kappa shape index (κ1) is 16.4. The number of carboxylic acids is 1. The molecule has 3 rings (SSSR count). The predicted molar refractivity (Wildman–Crippen MR) is 90.2 cm³/mol. The number of aromatic carboxylic acids is 1. The van der Waals surface area contributed by atoms with E-state index in [0.717, 1.165) is 6.07 Å². The molecule has 3 N–H and O–H groups in total. The van der Waals surface area contributed by atoms with E-state index in [1.165, 1.54) is 6.20 Å².